The summed E-state index contributed by atoms with van der Waals surface area (Å²) in [5.74, 6) is 3.16. The number of halogens is 1. The molecule has 23 heavy (non-hydrogen) atoms. The monoisotopic (exact) mass is 443 g/mol. The smallest absolute Gasteiger partial charge is 0.225 e. The molecule has 3 heterocycles. The van der Waals surface area contributed by atoms with Gasteiger partial charge in [-0.15, -0.1) is 0 Å². The van der Waals surface area contributed by atoms with Gasteiger partial charge >= 0.3 is 0 Å². The predicted octanol–water partition coefficient (Wildman–Crippen LogP) is 2.14. The molecule has 6 nitrogen and oxygen atoms in total. The first-order valence-corrected chi connectivity index (χ1v) is 10.0. The highest BCUT2D eigenvalue weighted by Crippen LogP contribution is 2.42. The van der Waals surface area contributed by atoms with E-state index < -0.39 is 0 Å². The van der Waals surface area contributed by atoms with Crippen molar-refractivity contribution in [2.24, 2.45) is 5.92 Å². The average Bonchev–Trinajstić information content (AvgIpc) is 2.85. The maximum atomic E-state index is 12.5. The summed E-state index contributed by atoms with van der Waals surface area (Å²) in [5.41, 5.74) is 6.85. The largest absolute Gasteiger partial charge is 0.383 e. The Bertz CT molecular complexity index is 752. The fourth-order valence-electron chi connectivity index (χ4n) is 3.40. The molecule has 1 aliphatic carbocycles. The van der Waals surface area contributed by atoms with Crippen LogP contribution in [-0.2, 0) is 4.79 Å². The predicted molar refractivity (Wildman–Crippen MR) is 100 cm³/mol. The van der Waals surface area contributed by atoms with Crippen LogP contribution in [0.15, 0.2) is 12.5 Å². The number of thioether (sulfide) groups is 1. The van der Waals surface area contributed by atoms with E-state index in [1.807, 2.05) is 16.7 Å². The maximum absolute atomic E-state index is 12.5. The van der Waals surface area contributed by atoms with Crippen LogP contribution in [0.1, 0.15) is 18.9 Å². The molecule has 2 aromatic heterocycles. The van der Waals surface area contributed by atoms with Gasteiger partial charge in [0, 0.05) is 46.3 Å². The zero-order valence-corrected chi connectivity index (χ0v) is 15.6. The first-order valence-electron chi connectivity index (χ1n) is 7.78. The fraction of sp³-hybridized carbons (Fsp3) is 0.533. The number of hydrogen-bond donors (Lipinski definition) is 1. The lowest BCUT2D eigenvalue weighted by molar-refractivity contribution is -0.139. The summed E-state index contributed by atoms with van der Waals surface area (Å²) >= 11 is 4.21. The number of carbonyl (C=O) groups excluding carboxylic acids is 1. The summed E-state index contributed by atoms with van der Waals surface area (Å²) in [5, 5.41) is 0.927. The molecule has 122 valence electrons. The van der Waals surface area contributed by atoms with Crippen molar-refractivity contribution in [2.75, 3.05) is 30.3 Å². The molecule has 2 aliphatic rings. The van der Waals surface area contributed by atoms with Crippen molar-refractivity contribution in [2.45, 2.75) is 18.9 Å². The van der Waals surface area contributed by atoms with Crippen LogP contribution in [0.4, 0.5) is 5.82 Å². The third-order valence-corrected chi connectivity index (χ3v) is 6.53. The lowest BCUT2D eigenvalue weighted by atomic mass is 9.79. The third-order valence-electron chi connectivity index (χ3n) is 4.77. The molecular weight excluding hydrogens is 425 g/mol. The molecule has 1 saturated carbocycles. The molecule has 2 N–H and O–H groups in total. The molecule has 1 saturated heterocycles. The van der Waals surface area contributed by atoms with Crippen LogP contribution >= 0.6 is 34.4 Å². The van der Waals surface area contributed by atoms with Gasteiger partial charge in [0.05, 0.1) is 5.39 Å². The second kappa shape index (κ2) is 6.12. The van der Waals surface area contributed by atoms with Crippen molar-refractivity contribution < 1.29 is 4.79 Å². The van der Waals surface area contributed by atoms with Crippen molar-refractivity contribution in [3.63, 3.8) is 0 Å². The second-order valence-corrected chi connectivity index (χ2v) is 8.49. The van der Waals surface area contributed by atoms with E-state index in [9.17, 15) is 4.79 Å². The number of rotatable bonds is 2. The standard InChI is InChI=1S/C15H18IN5OS/c16-11-7-21(14-12(11)13(17)18-8-19-14)10-5-9(6-10)15(22)20-1-3-23-4-2-20/h7-10H,1-6H2,(H2,17,18,19). The Balaban J connectivity index is 1.50. The van der Waals surface area contributed by atoms with Gasteiger partial charge in [-0.05, 0) is 35.4 Å². The molecule has 2 fully saturated rings. The lowest BCUT2D eigenvalue weighted by Crippen LogP contribution is -2.45. The second-order valence-electron chi connectivity index (χ2n) is 6.10. The summed E-state index contributed by atoms with van der Waals surface area (Å²) in [6.07, 6.45) is 5.38. The summed E-state index contributed by atoms with van der Waals surface area (Å²) < 4.78 is 3.24. The van der Waals surface area contributed by atoms with Gasteiger partial charge < -0.3 is 15.2 Å². The number of nitrogens with zero attached hydrogens (tertiary/aromatic N) is 4. The zero-order valence-electron chi connectivity index (χ0n) is 12.6. The lowest BCUT2D eigenvalue weighted by Gasteiger charge is -2.39. The third kappa shape index (κ3) is 2.69. The van der Waals surface area contributed by atoms with E-state index >= 15 is 0 Å². The minimum absolute atomic E-state index is 0.164. The van der Waals surface area contributed by atoms with E-state index in [1.165, 1.54) is 6.33 Å². The van der Waals surface area contributed by atoms with E-state index in [0.29, 0.717) is 17.8 Å². The van der Waals surface area contributed by atoms with E-state index in [2.05, 4.69) is 43.3 Å². The summed E-state index contributed by atoms with van der Waals surface area (Å²) in [4.78, 5) is 23.0. The summed E-state index contributed by atoms with van der Waals surface area (Å²) in [7, 11) is 0. The molecule has 0 atom stereocenters. The number of amides is 1. The van der Waals surface area contributed by atoms with Gasteiger partial charge in [0.25, 0.3) is 0 Å². The zero-order chi connectivity index (χ0) is 16.0. The first kappa shape index (κ1) is 15.5. The van der Waals surface area contributed by atoms with Crippen LogP contribution < -0.4 is 5.73 Å². The number of fused-ring (bicyclic) bond motifs is 1. The topological polar surface area (TPSA) is 77.0 Å². The van der Waals surface area contributed by atoms with Crippen LogP contribution in [-0.4, -0.2) is 49.9 Å². The van der Waals surface area contributed by atoms with Crippen molar-refractivity contribution >= 4 is 57.1 Å². The van der Waals surface area contributed by atoms with Gasteiger partial charge in [0.2, 0.25) is 5.91 Å². The molecule has 1 amide bonds. The van der Waals surface area contributed by atoms with Crippen molar-refractivity contribution in [1.82, 2.24) is 19.4 Å². The van der Waals surface area contributed by atoms with Crippen molar-refractivity contribution in [3.05, 3.63) is 16.1 Å². The number of carbonyl (C=O) groups is 1. The molecule has 4 rings (SSSR count). The van der Waals surface area contributed by atoms with Gasteiger partial charge in [-0.1, -0.05) is 0 Å². The number of anilines is 1. The van der Waals surface area contributed by atoms with Gasteiger partial charge in [0.15, 0.2) is 0 Å². The maximum Gasteiger partial charge on any atom is 0.225 e. The van der Waals surface area contributed by atoms with Gasteiger partial charge in [-0.2, -0.15) is 11.8 Å². The molecular formula is C15H18IN5OS. The molecule has 2 aromatic rings. The molecule has 0 bridgehead atoms. The van der Waals surface area contributed by atoms with Crippen molar-refractivity contribution in [3.8, 4) is 0 Å². The fourth-order valence-corrected chi connectivity index (χ4v) is 5.12. The SMILES string of the molecule is Nc1ncnc2c1c(I)cn2C1CC(C(=O)N2CCSCC2)C1. The molecule has 0 radical (unpaired) electrons. The highest BCUT2D eigenvalue weighted by atomic mass is 127. The molecule has 1 aliphatic heterocycles. The van der Waals surface area contributed by atoms with Crippen molar-refractivity contribution in [1.29, 1.82) is 0 Å². The Morgan fingerprint density at radius 3 is 2.78 bits per heavy atom. The Morgan fingerprint density at radius 1 is 1.30 bits per heavy atom. The molecule has 0 spiro atoms. The highest BCUT2D eigenvalue weighted by Gasteiger charge is 2.38. The van der Waals surface area contributed by atoms with Gasteiger partial charge in [-0.3, -0.25) is 4.79 Å². The van der Waals surface area contributed by atoms with Crippen LogP contribution in [0.2, 0.25) is 0 Å². The Kier molecular flexibility index (Phi) is 4.12. The first-order chi connectivity index (χ1) is 11.1. The van der Waals surface area contributed by atoms with Crippen LogP contribution in [0.5, 0.6) is 0 Å². The highest BCUT2D eigenvalue weighted by molar-refractivity contribution is 14.1. The van der Waals surface area contributed by atoms with E-state index in [0.717, 1.165) is 52.0 Å². The van der Waals surface area contributed by atoms with Gasteiger partial charge in [0.1, 0.15) is 17.8 Å². The van der Waals surface area contributed by atoms with Crippen LogP contribution in [0.3, 0.4) is 0 Å². The molecule has 0 unspecified atom stereocenters. The normalized spacial score (nSPS) is 24.7. The van der Waals surface area contributed by atoms with Crippen LogP contribution in [0.25, 0.3) is 11.0 Å². The Labute approximate surface area is 152 Å². The number of nitrogens with two attached hydrogens (primary N) is 1. The quantitative estimate of drug-likeness (QED) is 0.720. The van der Waals surface area contributed by atoms with E-state index in [1.54, 1.807) is 0 Å². The molecule has 0 aromatic carbocycles. The summed E-state index contributed by atoms with van der Waals surface area (Å²) in [6, 6.07) is 0.337. The number of aromatic nitrogens is 3. The van der Waals surface area contributed by atoms with E-state index in [4.69, 9.17) is 5.73 Å². The number of hydrogen-bond acceptors (Lipinski definition) is 5. The Morgan fingerprint density at radius 2 is 2.04 bits per heavy atom. The number of nitrogen functional groups attached to an aromatic ring is 1. The molecule has 8 heteroatoms. The van der Waals surface area contributed by atoms with E-state index in [-0.39, 0.29) is 5.92 Å². The van der Waals surface area contributed by atoms with Gasteiger partial charge in [-0.25, -0.2) is 9.97 Å². The summed E-state index contributed by atoms with van der Waals surface area (Å²) in [6.45, 7) is 1.80. The minimum atomic E-state index is 0.164. The Hall–Kier alpha value is -1.03. The minimum Gasteiger partial charge on any atom is -0.383 e. The average molecular weight is 443 g/mol. The van der Waals surface area contributed by atoms with Crippen LogP contribution in [0, 0.1) is 9.49 Å².